The van der Waals surface area contributed by atoms with Crippen LogP contribution in [0.5, 0.6) is 0 Å². The van der Waals surface area contributed by atoms with Crippen molar-refractivity contribution in [2.75, 3.05) is 12.4 Å². The van der Waals surface area contributed by atoms with E-state index in [0.29, 0.717) is 16.3 Å². The highest BCUT2D eigenvalue weighted by molar-refractivity contribution is 7.99. The fourth-order valence-corrected chi connectivity index (χ4v) is 2.04. The lowest BCUT2D eigenvalue weighted by Gasteiger charge is -2.08. The van der Waals surface area contributed by atoms with Gasteiger partial charge in [0.05, 0.1) is 17.7 Å². The second kappa shape index (κ2) is 6.43. The van der Waals surface area contributed by atoms with E-state index < -0.39 is 6.10 Å². The Balaban J connectivity index is 2.83. The molecule has 0 aliphatic heterocycles. The summed E-state index contributed by atoms with van der Waals surface area (Å²) in [6.07, 6.45) is -0.783. The lowest BCUT2D eigenvalue weighted by molar-refractivity contribution is 0.113. The molecule has 0 saturated carbocycles. The van der Waals surface area contributed by atoms with Crippen LogP contribution in [-0.2, 0) is 0 Å². The molecule has 1 atom stereocenters. The van der Waals surface area contributed by atoms with Gasteiger partial charge in [-0.15, -0.1) is 11.8 Å². The van der Waals surface area contributed by atoms with Gasteiger partial charge in [0, 0.05) is 17.0 Å². The van der Waals surface area contributed by atoms with Gasteiger partial charge in [-0.1, -0.05) is 5.16 Å². The fourth-order valence-electron chi connectivity index (χ4n) is 1.15. The first-order valence-electron chi connectivity index (χ1n) is 4.95. The Morgan fingerprint density at radius 1 is 1.59 bits per heavy atom. The van der Waals surface area contributed by atoms with Crippen LogP contribution in [0.1, 0.15) is 11.3 Å². The molecule has 7 heteroatoms. The molecule has 0 amide bonds. The van der Waals surface area contributed by atoms with Gasteiger partial charge in [0.15, 0.2) is 5.84 Å². The Bertz CT molecular complexity index is 412. The number of hydrogen-bond acceptors (Lipinski definition) is 6. The van der Waals surface area contributed by atoms with Crippen molar-refractivity contribution in [1.29, 1.82) is 0 Å². The summed E-state index contributed by atoms with van der Waals surface area (Å²) in [7, 11) is 0. The summed E-state index contributed by atoms with van der Waals surface area (Å²) >= 11 is 1.30. The molecule has 1 unspecified atom stereocenters. The van der Waals surface area contributed by atoms with E-state index in [4.69, 9.17) is 16.0 Å². The number of aliphatic hydroxyl groups excluding tert-OH is 2. The van der Waals surface area contributed by atoms with Crippen LogP contribution in [0.15, 0.2) is 22.3 Å². The lowest BCUT2D eigenvalue weighted by Crippen LogP contribution is -2.15. The third-order valence-electron chi connectivity index (χ3n) is 1.97. The minimum absolute atomic E-state index is 0.0139. The van der Waals surface area contributed by atoms with E-state index in [1.165, 1.54) is 11.8 Å². The largest absolute Gasteiger partial charge is 0.409 e. The maximum atomic E-state index is 9.23. The summed E-state index contributed by atoms with van der Waals surface area (Å²) in [4.78, 5) is 4.23. The second-order valence-corrected chi connectivity index (χ2v) is 4.51. The Kier molecular flexibility index (Phi) is 5.20. The number of nitrogens with two attached hydrogens (primary N) is 1. The van der Waals surface area contributed by atoms with Gasteiger partial charge in [0.25, 0.3) is 0 Å². The van der Waals surface area contributed by atoms with E-state index in [1.807, 2.05) is 0 Å². The number of amidine groups is 1. The van der Waals surface area contributed by atoms with Crippen molar-refractivity contribution < 1.29 is 15.4 Å². The summed E-state index contributed by atoms with van der Waals surface area (Å²) < 4.78 is 0. The molecule has 0 aliphatic rings. The molecule has 94 valence electrons. The molecule has 0 aromatic carbocycles. The number of oxime groups is 1. The van der Waals surface area contributed by atoms with Gasteiger partial charge in [-0.2, -0.15) is 0 Å². The minimum atomic E-state index is -0.783. The molecule has 1 aromatic heterocycles. The number of rotatable bonds is 5. The van der Waals surface area contributed by atoms with Gasteiger partial charge in [-0.3, -0.25) is 0 Å². The van der Waals surface area contributed by atoms with Gasteiger partial charge in [0.2, 0.25) is 0 Å². The van der Waals surface area contributed by atoms with E-state index in [2.05, 4.69) is 10.1 Å². The summed E-state index contributed by atoms with van der Waals surface area (Å²) in [5.41, 5.74) is 6.79. The SMILES string of the molecule is Cc1cc(/C(N)=N/O)cc(SCC(O)CO)n1. The first-order chi connectivity index (χ1) is 8.06. The highest BCUT2D eigenvalue weighted by Crippen LogP contribution is 2.18. The smallest absolute Gasteiger partial charge is 0.170 e. The predicted octanol–water partition coefficient (Wildman–Crippen LogP) is -0.0702. The first-order valence-corrected chi connectivity index (χ1v) is 5.93. The zero-order chi connectivity index (χ0) is 12.8. The minimum Gasteiger partial charge on any atom is -0.409 e. The fraction of sp³-hybridized carbons (Fsp3) is 0.400. The lowest BCUT2D eigenvalue weighted by atomic mass is 10.2. The molecule has 1 rings (SSSR count). The van der Waals surface area contributed by atoms with Gasteiger partial charge in [-0.25, -0.2) is 4.98 Å². The maximum absolute atomic E-state index is 9.23. The average Bonchev–Trinajstić information content (AvgIpc) is 2.34. The molecule has 0 bridgehead atoms. The number of nitrogens with zero attached hydrogens (tertiary/aromatic N) is 2. The Morgan fingerprint density at radius 2 is 2.29 bits per heavy atom. The summed E-state index contributed by atoms with van der Waals surface area (Å²) in [5.74, 6) is 0.350. The summed E-state index contributed by atoms with van der Waals surface area (Å²) in [6.45, 7) is 1.51. The van der Waals surface area contributed by atoms with E-state index in [-0.39, 0.29) is 12.4 Å². The first kappa shape index (κ1) is 13.8. The van der Waals surface area contributed by atoms with Gasteiger partial charge in [0.1, 0.15) is 0 Å². The molecule has 1 aromatic rings. The summed E-state index contributed by atoms with van der Waals surface area (Å²) in [5, 5.41) is 30.1. The van der Waals surface area contributed by atoms with Crippen LogP contribution in [-0.4, -0.2) is 44.7 Å². The monoisotopic (exact) mass is 257 g/mol. The highest BCUT2D eigenvalue weighted by Gasteiger charge is 2.07. The Labute approximate surface area is 103 Å². The molecule has 0 fully saturated rings. The van der Waals surface area contributed by atoms with Crippen molar-refractivity contribution >= 4 is 17.6 Å². The van der Waals surface area contributed by atoms with Crippen LogP contribution in [0.3, 0.4) is 0 Å². The van der Waals surface area contributed by atoms with Crippen molar-refractivity contribution in [3.63, 3.8) is 0 Å². The van der Waals surface area contributed by atoms with Crippen molar-refractivity contribution in [3.05, 3.63) is 23.4 Å². The maximum Gasteiger partial charge on any atom is 0.170 e. The number of aromatic nitrogens is 1. The van der Waals surface area contributed by atoms with Crippen molar-refractivity contribution in [3.8, 4) is 0 Å². The third-order valence-corrected chi connectivity index (χ3v) is 3.02. The second-order valence-electron chi connectivity index (χ2n) is 3.47. The van der Waals surface area contributed by atoms with Crippen molar-refractivity contribution in [1.82, 2.24) is 4.98 Å². The number of thioether (sulfide) groups is 1. The van der Waals surface area contributed by atoms with Crippen molar-refractivity contribution in [2.24, 2.45) is 10.9 Å². The summed E-state index contributed by atoms with van der Waals surface area (Å²) in [6, 6.07) is 3.36. The number of aryl methyl sites for hydroxylation is 1. The number of aliphatic hydroxyl groups is 2. The molecule has 0 spiro atoms. The van der Waals surface area contributed by atoms with E-state index >= 15 is 0 Å². The van der Waals surface area contributed by atoms with E-state index in [1.54, 1.807) is 19.1 Å². The standard InChI is InChI=1S/C10H15N3O3S/c1-6-2-7(10(11)13-16)3-9(12-6)17-5-8(15)4-14/h2-3,8,14-16H,4-5H2,1H3,(H2,11,13). The van der Waals surface area contributed by atoms with Crippen LogP contribution in [0.2, 0.25) is 0 Å². The zero-order valence-electron chi connectivity index (χ0n) is 9.37. The number of pyridine rings is 1. The molecule has 5 N–H and O–H groups in total. The molecule has 0 aliphatic carbocycles. The zero-order valence-corrected chi connectivity index (χ0v) is 10.2. The molecule has 1 heterocycles. The van der Waals surface area contributed by atoms with E-state index in [0.717, 1.165) is 5.69 Å². The predicted molar refractivity (Wildman–Crippen MR) is 65.3 cm³/mol. The van der Waals surface area contributed by atoms with E-state index in [9.17, 15) is 5.11 Å². The molecule has 0 radical (unpaired) electrons. The molecule has 17 heavy (non-hydrogen) atoms. The normalized spacial score (nSPS) is 13.7. The van der Waals surface area contributed by atoms with Crippen LogP contribution in [0.4, 0.5) is 0 Å². The number of hydrogen-bond donors (Lipinski definition) is 4. The van der Waals surface area contributed by atoms with Gasteiger partial charge >= 0.3 is 0 Å². The molecule has 0 saturated heterocycles. The Morgan fingerprint density at radius 3 is 2.88 bits per heavy atom. The van der Waals surface area contributed by atoms with Gasteiger partial charge < -0.3 is 21.2 Å². The Hall–Kier alpha value is -1.31. The third kappa shape index (κ3) is 4.22. The molecule has 6 nitrogen and oxygen atoms in total. The van der Waals surface area contributed by atoms with Crippen LogP contribution in [0.25, 0.3) is 0 Å². The highest BCUT2D eigenvalue weighted by atomic mass is 32.2. The quantitative estimate of drug-likeness (QED) is 0.193. The van der Waals surface area contributed by atoms with Crippen molar-refractivity contribution in [2.45, 2.75) is 18.1 Å². The molecular formula is C10H15N3O3S. The van der Waals surface area contributed by atoms with Crippen LogP contribution >= 0.6 is 11.8 Å². The topological polar surface area (TPSA) is 112 Å². The van der Waals surface area contributed by atoms with Gasteiger partial charge in [-0.05, 0) is 19.1 Å². The van der Waals surface area contributed by atoms with Crippen LogP contribution < -0.4 is 5.73 Å². The van der Waals surface area contributed by atoms with Crippen LogP contribution in [0, 0.1) is 6.92 Å². The molecular weight excluding hydrogens is 242 g/mol. The average molecular weight is 257 g/mol.